The van der Waals surface area contributed by atoms with Crippen molar-refractivity contribution >= 4 is 39.7 Å². The predicted octanol–water partition coefficient (Wildman–Crippen LogP) is 2.73. The summed E-state index contributed by atoms with van der Waals surface area (Å²) in [6.45, 7) is 2.09. The van der Waals surface area contributed by atoms with Crippen LogP contribution in [0.2, 0.25) is 0 Å². The molecule has 1 atom stereocenters. The van der Waals surface area contributed by atoms with Gasteiger partial charge in [-0.3, -0.25) is 9.59 Å². The Labute approximate surface area is 172 Å². The molecule has 1 heterocycles. The van der Waals surface area contributed by atoms with Crippen LogP contribution in [0.4, 0.5) is 16.4 Å². The molecule has 0 bridgehead atoms. The van der Waals surface area contributed by atoms with Gasteiger partial charge in [0.25, 0.3) is 11.8 Å². The van der Waals surface area contributed by atoms with Crippen LogP contribution in [0.1, 0.15) is 21.6 Å². The summed E-state index contributed by atoms with van der Waals surface area (Å²) in [5, 5.41) is 6.84. The zero-order chi connectivity index (χ0) is 20.8. The molecular formula is C20H21N5O3S. The molecule has 0 saturated heterocycles. The fourth-order valence-electron chi connectivity index (χ4n) is 2.61. The lowest BCUT2D eigenvalue weighted by molar-refractivity contribution is -0.128. The summed E-state index contributed by atoms with van der Waals surface area (Å²) in [7, 11) is 0. The highest BCUT2D eigenvalue weighted by Crippen LogP contribution is 2.27. The van der Waals surface area contributed by atoms with Gasteiger partial charge in [0.15, 0.2) is 0 Å². The third-order valence-electron chi connectivity index (χ3n) is 3.99. The average Bonchev–Trinajstić information content (AvgIpc) is 3.10. The molecule has 6 N–H and O–H groups in total. The monoisotopic (exact) mass is 411 g/mol. The van der Waals surface area contributed by atoms with Crippen LogP contribution in [0.5, 0.6) is 0 Å². The summed E-state index contributed by atoms with van der Waals surface area (Å²) in [5.41, 5.74) is 14.0. The number of aromatic nitrogens is 1. The van der Waals surface area contributed by atoms with Crippen molar-refractivity contribution in [1.29, 1.82) is 0 Å². The highest BCUT2D eigenvalue weighted by atomic mass is 32.1. The molecule has 2 amide bonds. The molecule has 0 aliphatic carbocycles. The van der Waals surface area contributed by atoms with Crippen LogP contribution in [-0.4, -0.2) is 22.4 Å². The van der Waals surface area contributed by atoms with Gasteiger partial charge >= 0.3 is 0 Å². The number of nitrogens with zero attached hydrogens (tertiary/aromatic N) is 1. The maximum absolute atomic E-state index is 11.8. The number of carbonyl (C=O) groups excluding carboxylic acids is 2. The molecule has 9 heteroatoms. The Balaban J connectivity index is 1.78. The lowest BCUT2D eigenvalue weighted by atomic mass is 10.1. The molecule has 150 valence electrons. The van der Waals surface area contributed by atoms with Crippen LogP contribution >= 0.6 is 11.5 Å². The van der Waals surface area contributed by atoms with Gasteiger partial charge in [-0.2, -0.15) is 4.37 Å². The summed E-state index contributed by atoms with van der Waals surface area (Å²) in [6.07, 6.45) is -1.05. The summed E-state index contributed by atoms with van der Waals surface area (Å²) in [6, 6.07) is 16.1. The SMILES string of the molecule is Cc1cc(Nc2cc(N[C@H](OCc3ccccc3)C(N)=O)ccc2C(N)=O)sn1. The summed E-state index contributed by atoms with van der Waals surface area (Å²) in [4.78, 5) is 23.6. The van der Waals surface area contributed by atoms with Gasteiger partial charge in [-0.15, -0.1) is 0 Å². The lowest BCUT2D eigenvalue weighted by Crippen LogP contribution is -2.37. The minimum atomic E-state index is -1.05. The molecule has 3 aromatic rings. The highest BCUT2D eigenvalue weighted by molar-refractivity contribution is 7.10. The van der Waals surface area contributed by atoms with Crippen LogP contribution in [0, 0.1) is 6.92 Å². The number of carbonyl (C=O) groups is 2. The zero-order valence-electron chi connectivity index (χ0n) is 15.7. The number of nitrogens with one attached hydrogen (secondary N) is 2. The third-order valence-corrected chi connectivity index (χ3v) is 4.78. The summed E-state index contributed by atoms with van der Waals surface area (Å²) in [5.74, 6) is -1.24. The van der Waals surface area contributed by atoms with Gasteiger partial charge in [0.05, 0.1) is 23.6 Å². The Kier molecular flexibility index (Phi) is 6.43. The van der Waals surface area contributed by atoms with Crippen LogP contribution < -0.4 is 22.1 Å². The van der Waals surface area contributed by atoms with Crippen molar-refractivity contribution in [3.05, 3.63) is 71.4 Å². The first-order chi connectivity index (χ1) is 13.9. The fraction of sp³-hybridized carbons (Fsp3) is 0.150. The second-order valence-electron chi connectivity index (χ2n) is 6.31. The Morgan fingerprint density at radius 3 is 2.52 bits per heavy atom. The molecule has 0 spiro atoms. The van der Waals surface area contributed by atoms with Crippen molar-refractivity contribution in [1.82, 2.24) is 4.37 Å². The summed E-state index contributed by atoms with van der Waals surface area (Å²) >= 11 is 1.26. The molecule has 0 aliphatic rings. The van der Waals surface area contributed by atoms with Crippen LogP contribution in [0.25, 0.3) is 0 Å². The van der Waals surface area contributed by atoms with E-state index in [2.05, 4.69) is 15.0 Å². The smallest absolute Gasteiger partial charge is 0.267 e. The molecule has 8 nitrogen and oxygen atoms in total. The Morgan fingerprint density at radius 2 is 1.90 bits per heavy atom. The number of nitrogens with two attached hydrogens (primary N) is 2. The standard InChI is InChI=1S/C20H21N5O3S/c1-12-9-17(29-25-12)24-16-10-14(7-8-15(16)18(21)26)23-20(19(22)27)28-11-13-5-3-2-4-6-13/h2-10,20,23-24H,11H2,1H3,(H2,21,26)(H2,22,27)/t20-/m1/s1. The van der Waals surface area contributed by atoms with E-state index in [1.807, 2.05) is 43.3 Å². The zero-order valence-corrected chi connectivity index (χ0v) is 16.5. The Hall–Kier alpha value is -3.43. The predicted molar refractivity (Wildman–Crippen MR) is 113 cm³/mol. The molecule has 1 aromatic heterocycles. The Bertz CT molecular complexity index is 1010. The number of primary amides is 2. The number of benzene rings is 2. The number of hydrogen-bond acceptors (Lipinski definition) is 7. The molecule has 0 saturated carbocycles. The van der Waals surface area contributed by atoms with Gasteiger partial charge in [0.2, 0.25) is 6.23 Å². The minimum absolute atomic E-state index is 0.214. The van der Waals surface area contributed by atoms with Crippen molar-refractivity contribution < 1.29 is 14.3 Å². The number of ether oxygens (including phenoxy) is 1. The van der Waals surface area contributed by atoms with Crippen LogP contribution in [-0.2, 0) is 16.1 Å². The van der Waals surface area contributed by atoms with Crippen LogP contribution in [0.15, 0.2) is 54.6 Å². The number of amides is 2. The molecule has 0 aliphatic heterocycles. The van der Waals surface area contributed by atoms with E-state index in [9.17, 15) is 9.59 Å². The molecule has 29 heavy (non-hydrogen) atoms. The molecule has 2 aromatic carbocycles. The second-order valence-corrected chi connectivity index (χ2v) is 7.11. The normalized spacial score (nSPS) is 11.6. The van der Waals surface area contributed by atoms with E-state index in [1.165, 1.54) is 11.5 Å². The van der Waals surface area contributed by atoms with E-state index in [0.717, 1.165) is 16.3 Å². The first kappa shape index (κ1) is 20.3. The largest absolute Gasteiger partial charge is 0.366 e. The van der Waals surface area contributed by atoms with Gasteiger partial charge in [-0.25, -0.2) is 0 Å². The quantitative estimate of drug-likeness (QED) is 0.400. The van der Waals surface area contributed by atoms with Crippen molar-refractivity contribution in [2.75, 3.05) is 10.6 Å². The van der Waals surface area contributed by atoms with Gasteiger partial charge in [0, 0.05) is 5.69 Å². The van der Waals surface area contributed by atoms with Crippen molar-refractivity contribution in [3.63, 3.8) is 0 Å². The van der Waals surface area contributed by atoms with Gasteiger partial charge in [-0.1, -0.05) is 30.3 Å². The highest BCUT2D eigenvalue weighted by Gasteiger charge is 2.18. The number of rotatable bonds is 9. The third kappa shape index (κ3) is 5.53. The van der Waals surface area contributed by atoms with Gasteiger partial charge in [-0.05, 0) is 48.3 Å². The van der Waals surface area contributed by atoms with E-state index in [-0.39, 0.29) is 6.61 Å². The molecule has 0 unspecified atom stereocenters. The number of anilines is 3. The topological polar surface area (TPSA) is 132 Å². The second kappa shape index (κ2) is 9.18. The Morgan fingerprint density at radius 1 is 1.14 bits per heavy atom. The number of aryl methyl sites for hydroxylation is 1. The average molecular weight is 411 g/mol. The maximum atomic E-state index is 11.8. The van der Waals surface area contributed by atoms with Gasteiger partial charge < -0.3 is 26.8 Å². The molecule has 0 fully saturated rings. The number of hydrogen-bond donors (Lipinski definition) is 4. The lowest BCUT2D eigenvalue weighted by Gasteiger charge is -2.19. The van der Waals surface area contributed by atoms with Gasteiger partial charge in [0.1, 0.15) is 5.00 Å². The van der Waals surface area contributed by atoms with E-state index in [0.29, 0.717) is 16.9 Å². The molecular weight excluding hydrogens is 390 g/mol. The first-order valence-corrected chi connectivity index (χ1v) is 9.55. The molecule has 0 radical (unpaired) electrons. The minimum Gasteiger partial charge on any atom is -0.366 e. The summed E-state index contributed by atoms with van der Waals surface area (Å²) < 4.78 is 9.83. The van der Waals surface area contributed by atoms with E-state index < -0.39 is 18.0 Å². The van der Waals surface area contributed by atoms with Crippen molar-refractivity contribution in [2.45, 2.75) is 19.8 Å². The maximum Gasteiger partial charge on any atom is 0.267 e. The van der Waals surface area contributed by atoms with Crippen LogP contribution in [0.3, 0.4) is 0 Å². The van der Waals surface area contributed by atoms with Crippen molar-refractivity contribution in [2.24, 2.45) is 11.5 Å². The van der Waals surface area contributed by atoms with Crippen molar-refractivity contribution in [3.8, 4) is 0 Å². The first-order valence-electron chi connectivity index (χ1n) is 8.78. The molecule has 3 rings (SSSR count). The van der Waals surface area contributed by atoms with E-state index in [1.54, 1.807) is 18.2 Å². The fourth-order valence-corrected chi connectivity index (χ4v) is 3.28. The van der Waals surface area contributed by atoms with E-state index in [4.69, 9.17) is 16.2 Å². The van der Waals surface area contributed by atoms with E-state index >= 15 is 0 Å².